The van der Waals surface area contributed by atoms with E-state index in [4.69, 9.17) is 9.84 Å². The molecule has 0 aliphatic carbocycles. The largest absolute Gasteiger partial charge is 0.489 e. The minimum Gasteiger partial charge on any atom is -0.489 e. The number of H-pyrrole nitrogens is 1. The maximum absolute atomic E-state index is 13.5. The monoisotopic (exact) mass is 360 g/mol. The molecular weight excluding hydrogens is 346 g/mol. The molecule has 0 aliphatic rings. The third kappa shape index (κ3) is 3.64. The highest BCUT2D eigenvalue weighted by Crippen LogP contribution is 2.33. The molecule has 134 valence electrons. The lowest BCUT2D eigenvalue weighted by atomic mass is 10.1. The molecule has 1 aromatic heterocycles. The van der Waals surface area contributed by atoms with Gasteiger partial charge in [-0.25, -0.2) is 13.6 Å². The molecule has 0 saturated carbocycles. The van der Waals surface area contributed by atoms with Crippen LogP contribution in [0.4, 0.5) is 13.6 Å². The van der Waals surface area contributed by atoms with Gasteiger partial charge in [0.15, 0.2) is 5.75 Å². The van der Waals surface area contributed by atoms with E-state index < -0.39 is 23.3 Å². The van der Waals surface area contributed by atoms with Gasteiger partial charge in [0.2, 0.25) is 0 Å². The number of pyridine rings is 1. The highest BCUT2D eigenvalue weighted by atomic mass is 19.1. The summed E-state index contributed by atoms with van der Waals surface area (Å²) in [6.45, 7) is -0.000972. The summed E-state index contributed by atoms with van der Waals surface area (Å²) in [4.78, 5) is 25.5. The Morgan fingerprint density at radius 2 is 1.77 bits per heavy atom. The van der Waals surface area contributed by atoms with Crippen LogP contribution in [-0.4, -0.2) is 29.3 Å². The van der Waals surface area contributed by atoms with Gasteiger partial charge in [-0.2, -0.15) is 0 Å². The number of aromatic amines is 1. The van der Waals surface area contributed by atoms with Crippen LogP contribution >= 0.6 is 0 Å². The van der Waals surface area contributed by atoms with Crippen molar-refractivity contribution in [3.63, 3.8) is 0 Å². The molecule has 1 heterocycles. The van der Waals surface area contributed by atoms with Crippen LogP contribution in [-0.2, 0) is 0 Å². The molecule has 0 radical (unpaired) electrons. The van der Waals surface area contributed by atoms with Crippen LogP contribution in [0.2, 0.25) is 0 Å². The summed E-state index contributed by atoms with van der Waals surface area (Å²) >= 11 is 0. The van der Waals surface area contributed by atoms with Crippen molar-refractivity contribution in [1.29, 1.82) is 0 Å². The standard InChI is InChI=1S/C18H14F2N2O4/c19-11-3-1-10(2-4-11)15-16(26-8-7-21-18(24)25)13-6-5-12(20)9-14(13)17(23)22-15/h1-6,9,21H,7-8H2,(H,22,23)(H,24,25). The molecule has 0 atom stereocenters. The molecule has 0 aliphatic heterocycles. The minimum atomic E-state index is -1.19. The number of ether oxygens (including phenoxy) is 1. The zero-order chi connectivity index (χ0) is 18.7. The van der Waals surface area contributed by atoms with Crippen LogP contribution in [0.5, 0.6) is 5.75 Å². The van der Waals surface area contributed by atoms with Crippen molar-refractivity contribution in [3.8, 4) is 17.0 Å². The SMILES string of the molecule is O=C(O)NCCOc1c(-c2ccc(F)cc2)[nH]c(=O)c2cc(F)ccc12. The number of carboxylic acid groups (broad SMARTS) is 1. The summed E-state index contributed by atoms with van der Waals surface area (Å²) in [7, 11) is 0. The number of hydrogen-bond acceptors (Lipinski definition) is 3. The molecular formula is C18H14F2N2O4. The Labute approximate surface area is 146 Å². The predicted octanol–water partition coefficient (Wildman–Crippen LogP) is 3.12. The van der Waals surface area contributed by atoms with E-state index >= 15 is 0 Å². The molecule has 1 amide bonds. The third-order valence-electron chi connectivity index (χ3n) is 3.69. The van der Waals surface area contributed by atoms with Crippen molar-refractivity contribution >= 4 is 16.9 Å². The first-order valence-electron chi connectivity index (χ1n) is 7.67. The van der Waals surface area contributed by atoms with Gasteiger partial charge in [0.25, 0.3) is 5.56 Å². The van der Waals surface area contributed by atoms with Crippen molar-refractivity contribution in [2.45, 2.75) is 0 Å². The van der Waals surface area contributed by atoms with Crippen molar-refractivity contribution in [1.82, 2.24) is 10.3 Å². The fraction of sp³-hybridized carbons (Fsp3) is 0.111. The molecule has 26 heavy (non-hydrogen) atoms. The summed E-state index contributed by atoms with van der Waals surface area (Å²) < 4.78 is 32.4. The fourth-order valence-corrected chi connectivity index (χ4v) is 2.56. The maximum atomic E-state index is 13.5. The lowest BCUT2D eigenvalue weighted by molar-refractivity contribution is 0.191. The van der Waals surface area contributed by atoms with Gasteiger partial charge in [-0.1, -0.05) is 0 Å². The Morgan fingerprint density at radius 1 is 1.08 bits per heavy atom. The van der Waals surface area contributed by atoms with E-state index in [1.54, 1.807) is 0 Å². The Bertz CT molecular complexity index is 1020. The lowest BCUT2D eigenvalue weighted by Gasteiger charge is -2.14. The lowest BCUT2D eigenvalue weighted by Crippen LogP contribution is -2.26. The number of amides is 1. The van der Waals surface area contributed by atoms with Crippen molar-refractivity contribution < 1.29 is 23.4 Å². The van der Waals surface area contributed by atoms with Crippen LogP contribution in [0.3, 0.4) is 0 Å². The first-order chi connectivity index (χ1) is 12.5. The number of nitrogens with one attached hydrogen (secondary N) is 2. The number of benzene rings is 2. The second kappa shape index (κ2) is 7.22. The summed E-state index contributed by atoms with van der Waals surface area (Å²) in [5, 5.41) is 11.2. The average molecular weight is 360 g/mol. The number of hydrogen-bond donors (Lipinski definition) is 3. The highest BCUT2D eigenvalue weighted by molar-refractivity contribution is 5.92. The van der Waals surface area contributed by atoms with E-state index in [0.29, 0.717) is 16.6 Å². The van der Waals surface area contributed by atoms with E-state index in [1.807, 2.05) is 0 Å². The van der Waals surface area contributed by atoms with Gasteiger partial charge < -0.3 is 20.1 Å². The normalized spacial score (nSPS) is 10.7. The number of rotatable bonds is 5. The first kappa shape index (κ1) is 17.4. The van der Waals surface area contributed by atoms with Crippen LogP contribution in [0.15, 0.2) is 47.3 Å². The van der Waals surface area contributed by atoms with Gasteiger partial charge in [0.1, 0.15) is 18.2 Å². The molecule has 0 bridgehead atoms. The Kier molecular flexibility index (Phi) is 4.83. The molecule has 3 aromatic rings. The zero-order valence-corrected chi connectivity index (χ0v) is 13.4. The molecule has 3 rings (SSSR count). The number of halogens is 2. The van der Waals surface area contributed by atoms with E-state index in [0.717, 1.165) is 6.07 Å². The summed E-state index contributed by atoms with van der Waals surface area (Å²) in [5.41, 5.74) is 0.273. The predicted molar refractivity (Wildman–Crippen MR) is 91.4 cm³/mol. The third-order valence-corrected chi connectivity index (χ3v) is 3.69. The smallest absolute Gasteiger partial charge is 0.404 e. The molecule has 0 saturated heterocycles. The van der Waals surface area contributed by atoms with E-state index in [-0.39, 0.29) is 24.3 Å². The molecule has 0 fully saturated rings. The average Bonchev–Trinajstić information content (AvgIpc) is 2.61. The summed E-state index contributed by atoms with van der Waals surface area (Å²) in [6.07, 6.45) is -1.19. The quantitative estimate of drug-likeness (QED) is 0.610. The van der Waals surface area contributed by atoms with Crippen LogP contribution in [0, 0.1) is 11.6 Å². The van der Waals surface area contributed by atoms with Crippen LogP contribution < -0.4 is 15.6 Å². The van der Waals surface area contributed by atoms with Gasteiger partial charge in [0.05, 0.1) is 17.6 Å². The van der Waals surface area contributed by atoms with E-state index in [2.05, 4.69) is 10.3 Å². The van der Waals surface area contributed by atoms with Crippen LogP contribution in [0.1, 0.15) is 0 Å². The molecule has 0 unspecified atom stereocenters. The van der Waals surface area contributed by atoms with Crippen molar-refractivity contribution in [2.75, 3.05) is 13.2 Å². The second-order valence-corrected chi connectivity index (χ2v) is 5.44. The summed E-state index contributed by atoms with van der Waals surface area (Å²) in [5.74, 6) is -0.762. The first-order valence-corrected chi connectivity index (χ1v) is 7.67. The van der Waals surface area contributed by atoms with Gasteiger partial charge in [-0.3, -0.25) is 4.79 Å². The molecule has 2 aromatic carbocycles. The minimum absolute atomic E-state index is 0.0139. The highest BCUT2D eigenvalue weighted by Gasteiger charge is 2.15. The van der Waals surface area contributed by atoms with E-state index in [1.165, 1.54) is 36.4 Å². The Morgan fingerprint density at radius 3 is 2.46 bits per heavy atom. The zero-order valence-electron chi connectivity index (χ0n) is 13.4. The molecule has 6 nitrogen and oxygen atoms in total. The summed E-state index contributed by atoms with van der Waals surface area (Å²) in [6, 6.07) is 9.10. The number of carbonyl (C=O) groups is 1. The maximum Gasteiger partial charge on any atom is 0.404 e. The van der Waals surface area contributed by atoms with Crippen molar-refractivity contribution in [3.05, 3.63) is 64.5 Å². The Balaban J connectivity index is 2.11. The molecule has 0 spiro atoms. The van der Waals surface area contributed by atoms with Gasteiger partial charge >= 0.3 is 6.09 Å². The number of fused-ring (bicyclic) bond motifs is 1. The Hall–Kier alpha value is -3.42. The van der Waals surface area contributed by atoms with E-state index in [9.17, 15) is 18.4 Å². The number of aromatic nitrogens is 1. The molecule has 8 heteroatoms. The van der Waals surface area contributed by atoms with Gasteiger partial charge in [-0.05, 0) is 42.5 Å². The van der Waals surface area contributed by atoms with Crippen LogP contribution in [0.25, 0.3) is 22.0 Å². The fourth-order valence-electron chi connectivity index (χ4n) is 2.56. The van der Waals surface area contributed by atoms with Gasteiger partial charge in [-0.15, -0.1) is 0 Å². The van der Waals surface area contributed by atoms with Gasteiger partial charge in [0, 0.05) is 10.9 Å². The second-order valence-electron chi connectivity index (χ2n) is 5.44. The topological polar surface area (TPSA) is 91.4 Å². The molecule has 3 N–H and O–H groups in total. The van der Waals surface area contributed by atoms with Crippen molar-refractivity contribution in [2.24, 2.45) is 0 Å².